The summed E-state index contributed by atoms with van der Waals surface area (Å²) in [6, 6.07) is 9.26. The van der Waals surface area contributed by atoms with Gasteiger partial charge in [0.05, 0.1) is 25.5 Å². The Bertz CT molecular complexity index is 796. The number of amides is 2. The number of anilines is 2. The normalized spacial score (nSPS) is 13.7. The summed E-state index contributed by atoms with van der Waals surface area (Å²) < 4.78 is 17.2. The lowest BCUT2D eigenvalue weighted by Gasteiger charge is -2.35. The van der Waals surface area contributed by atoms with Crippen LogP contribution in [0.25, 0.3) is 0 Å². The molecule has 1 aliphatic rings. The molecule has 1 aliphatic heterocycles. The fourth-order valence-electron chi connectivity index (χ4n) is 3.34. The van der Waals surface area contributed by atoms with Crippen LogP contribution in [-0.4, -0.2) is 61.9 Å². The number of nitrogens with zero attached hydrogens (tertiary/aromatic N) is 3. The fourth-order valence-corrected chi connectivity index (χ4v) is 3.34. The van der Waals surface area contributed by atoms with Crippen molar-refractivity contribution in [1.29, 1.82) is 0 Å². The molecular weight excluding hydrogens is 384 g/mol. The minimum absolute atomic E-state index is 0.148. The van der Waals surface area contributed by atoms with E-state index in [4.69, 9.17) is 14.2 Å². The Labute approximate surface area is 177 Å². The molecular formula is C22H30N4O4. The number of hydrogen-bond acceptors (Lipinski definition) is 6. The zero-order valence-corrected chi connectivity index (χ0v) is 17.9. The van der Waals surface area contributed by atoms with Crippen LogP contribution in [0.4, 0.5) is 16.3 Å². The molecule has 0 unspecified atom stereocenters. The molecule has 1 fully saturated rings. The molecule has 0 radical (unpaired) electrons. The van der Waals surface area contributed by atoms with E-state index in [2.05, 4.69) is 15.2 Å². The Kier molecular flexibility index (Phi) is 7.59. The van der Waals surface area contributed by atoms with Gasteiger partial charge in [-0.25, -0.2) is 9.78 Å². The summed E-state index contributed by atoms with van der Waals surface area (Å²) in [4.78, 5) is 21.2. The summed E-state index contributed by atoms with van der Waals surface area (Å²) in [6.07, 6.45) is 1.78. The molecule has 1 aromatic carbocycles. The van der Waals surface area contributed by atoms with Crippen LogP contribution in [-0.2, 0) is 0 Å². The number of urea groups is 1. The highest BCUT2D eigenvalue weighted by atomic mass is 16.5. The highest BCUT2D eigenvalue weighted by molar-refractivity contribution is 5.90. The Morgan fingerprint density at radius 2 is 1.60 bits per heavy atom. The lowest BCUT2D eigenvalue weighted by atomic mass is 10.2. The van der Waals surface area contributed by atoms with Crippen LogP contribution in [0.1, 0.15) is 20.8 Å². The Morgan fingerprint density at radius 3 is 2.13 bits per heavy atom. The number of ether oxygens (including phenoxy) is 3. The van der Waals surface area contributed by atoms with Crippen LogP contribution in [0, 0.1) is 0 Å². The van der Waals surface area contributed by atoms with E-state index >= 15 is 0 Å². The third-order valence-corrected chi connectivity index (χ3v) is 4.70. The molecule has 162 valence electrons. The summed E-state index contributed by atoms with van der Waals surface area (Å²) >= 11 is 0. The quantitative estimate of drug-likeness (QED) is 0.711. The van der Waals surface area contributed by atoms with Gasteiger partial charge in [-0.1, -0.05) is 6.07 Å². The smallest absolute Gasteiger partial charge is 0.321 e. The maximum absolute atomic E-state index is 12.8. The maximum Gasteiger partial charge on any atom is 0.321 e. The van der Waals surface area contributed by atoms with Crippen molar-refractivity contribution in [2.45, 2.75) is 20.8 Å². The molecule has 0 aliphatic carbocycles. The topological polar surface area (TPSA) is 76.2 Å². The predicted molar refractivity (Wildman–Crippen MR) is 117 cm³/mol. The zero-order valence-electron chi connectivity index (χ0n) is 17.9. The number of nitrogens with one attached hydrogen (secondary N) is 1. The Morgan fingerprint density at radius 1 is 0.967 bits per heavy atom. The van der Waals surface area contributed by atoms with Crippen molar-refractivity contribution < 1.29 is 19.0 Å². The lowest BCUT2D eigenvalue weighted by molar-refractivity contribution is 0.208. The van der Waals surface area contributed by atoms with E-state index in [1.165, 1.54) is 0 Å². The minimum Gasteiger partial charge on any atom is -0.490 e. The molecule has 8 nitrogen and oxygen atoms in total. The highest BCUT2D eigenvalue weighted by Gasteiger charge is 2.23. The molecule has 30 heavy (non-hydrogen) atoms. The summed E-state index contributed by atoms with van der Waals surface area (Å²) in [5.41, 5.74) is 0.613. The highest BCUT2D eigenvalue weighted by Crippen LogP contribution is 2.40. The van der Waals surface area contributed by atoms with Crippen LogP contribution in [0.5, 0.6) is 17.2 Å². The second-order valence-corrected chi connectivity index (χ2v) is 6.69. The second-order valence-electron chi connectivity index (χ2n) is 6.69. The van der Waals surface area contributed by atoms with Gasteiger partial charge in [-0.3, -0.25) is 0 Å². The Balaban J connectivity index is 1.68. The van der Waals surface area contributed by atoms with Crippen molar-refractivity contribution in [2.75, 3.05) is 56.2 Å². The number of rotatable bonds is 8. The van der Waals surface area contributed by atoms with Gasteiger partial charge in [-0.15, -0.1) is 0 Å². The average molecular weight is 415 g/mol. The molecule has 0 saturated carbocycles. The predicted octanol–water partition coefficient (Wildman–Crippen LogP) is 3.63. The average Bonchev–Trinajstić information content (AvgIpc) is 2.77. The van der Waals surface area contributed by atoms with Gasteiger partial charge < -0.3 is 29.3 Å². The second kappa shape index (κ2) is 10.6. The van der Waals surface area contributed by atoms with E-state index in [0.29, 0.717) is 55.8 Å². The summed E-state index contributed by atoms with van der Waals surface area (Å²) in [6.45, 7) is 9.90. The fraction of sp³-hybridized carbons (Fsp3) is 0.455. The third kappa shape index (κ3) is 5.25. The number of carbonyl (C=O) groups is 1. The molecule has 1 saturated heterocycles. The van der Waals surface area contributed by atoms with Gasteiger partial charge in [0, 0.05) is 44.5 Å². The summed E-state index contributed by atoms with van der Waals surface area (Å²) in [7, 11) is 0. The van der Waals surface area contributed by atoms with Crippen molar-refractivity contribution >= 4 is 17.5 Å². The largest absolute Gasteiger partial charge is 0.490 e. The summed E-state index contributed by atoms with van der Waals surface area (Å²) in [5.74, 6) is 2.61. The Hall–Kier alpha value is -3.16. The van der Waals surface area contributed by atoms with E-state index in [-0.39, 0.29) is 6.03 Å². The molecule has 1 N–H and O–H groups in total. The molecule has 1 aromatic heterocycles. The van der Waals surface area contributed by atoms with Crippen molar-refractivity contribution in [3.05, 3.63) is 36.5 Å². The first-order valence-electron chi connectivity index (χ1n) is 10.4. The van der Waals surface area contributed by atoms with Crippen molar-refractivity contribution in [3.8, 4) is 17.2 Å². The van der Waals surface area contributed by atoms with Crippen LogP contribution < -0.4 is 24.4 Å². The SMILES string of the molecule is CCOc1cc(NC(=O)N2CCN(c3ccccn3)CC2)cc(OCC)c1OCC. The van der Waals surface area contributed by atoms with Gasteiger partial charge in [-0.2, -0.15) is 0 Å². The van der Waals surface area contributed by atoms with E-state index in [0.717, 1.165) is 18.9 Å². The van der Waals surface area contributed by atoms with Crippen LogP contribution in [0.2, 0.25) is 0 Å². The standard InChI is InChI=1S/C22H30N4O4/c1-4-28-18-15-17(16-19(29-5-2)21(18)30-6-3)24-22(27)26-13-11-25(12-14-26)20-9-7-8-10-23-20/h7-10,15-16H,4-6,11-14H2,1-3H3,(H,24,27). The van der Waals surface area contributed by atoms with E-state index < -0.39 is 0 Å². The first-order chi connectivity index (χ1) is 14.7. The third-order valence-electron chi connectivity index (χ3n) is 4.70. The number of carbonyl (C=O) groups excluding carboxylic acids is 1. The lowest BCUT2D eigenvalue weighted by Crippen LogP contribution is -2.50. The van der Waals surface area contributed by atoms with Gasteiger partial charge in [0.15, 0.2) is 11.5 Å². The number of benzene rings is 1. The molecule has 2 aromatic rings. The number of aromatic nitrogens is 1. The van der Waals surface area contributed by atoms with Gasteiger partial charge in [0.2, 0.25) is 5.75 Å². The number of pyridine rings is 1. The van der Waals surface area contributed by atoms with Gasteiger partial charge in [-0.05, 0) is 32.9 Å². The molecule has 3 rings (SSSR count). The van der Waals surface area contributed by atoms with Gasteiger partial charge >= 0.3 is 6.03 Å². The van der Waals surface area contributed by atoms with Crippen molar-refractivity contribution in [3.63, 3.8) is 0 Å². The van der Waals surface area contributed by atoms with Crippen molar-refractivity contribution in [2.24, 2.45) is 0 Å². The molecule has 8 heteroatoms. The molecule has 2 amide bonds. The van der Waals surface area contributed by atoms with Gasteiger partial charge in [0.1, 0.15) is 5.82 Å². The zero-order chi connectivity index (χ0) is 21.3. The van der Waals surface area contributed by atoms with Crippen LogP contribution >= 0.6 is 0 Å². The van der Waals surface area contributed by atoms with Crippen molar-refractivity contribution in [1.82, 2.24) is 9.88 Å². The summed E-state index contributed by atoms with van der Waals surface area (Å²) in [5, 5.41) is 2.97. The first kappa shape index (κ1) is 21.5. The molecule has 0 atom stereocenters. The van der Waals surface area contributed by atoms with E-state index in [1.54, 1.807) is 23.2 Å². The first-order valence-corrected chi connectivity index (χ1v) is 10.4. The maximum atomic E-state index is 12.8. The van der Waals surface area contributed by atoms with Crippen LogP contribution in [0.15, 0.2) is 36.5 Å². The number of hydrogen-bond donors (Lipinski definition) is 1. The monoisotopic (exact) mass is 414 g/mol. The molecule has 0 spiro atoms. The van der Waals surface area contributed by atoms with E-state index in [1.807, 2.05) is 39.0 Å². The van der Waals surface area contributed by atoms with E-state index in [9.17, 15) is 4.79 Å². The number of piperazine rings is 1. The van der Waals surface area contributed by atoms with Crippen LogP contribution in [0.3, 0.4) is 0 Å². The molecule has 0 bridgehead atoms. The molecule has 2 heterocycles. The minimum atomic E-state index is -0.148. The van der Waals surface area contributed by atoms with Gasteiger partial charge in [0.25, 0.3) is 0 Å².